The standard InChI is InChI=1S/C11H14N2O2/c1-13-8-4-2-3-5-10(8)15-7-6-9(13)11(12)14/h2-5,9H,6-7H2,1H3,(H2,12,14). The van der Waals surface area contributed by atoms with Crippen LogP contribution in [0.15, 0.2) is 24.3 Å². The van der Waals surface area contributed by atoms with Crippen LogP contribution in [0.1, 0.15) is 6.42 Å². The number of hydrogen-bond donors (Lipinski definition) is 1. The quantitative estimate of drug-likeness (QED) is 0.738. The second kappa shape index (κ2) is 3.81. The Morgan fingerprint density at radius 3 is 3.00 bits per heavy atom. The summed E-state index contributed by atoms with van der Waals surface area (Å²) in [5.74, 6) is 0.501. The molecule has 0 fully saturated rings. The van der Waals surface area contributed by atoms with Gasteiger partial charge in [0, 0.05) is 13.5 Å². The fourth-order valence-electron chi connectivity index (χ4n) is 1.85. The van der Waals surface area contributed by atoms with Crippen LogP contribution in [0.5, 0.6) is 5.75 Å². The summed E-state index contributed by atoms with van der Waals surface area (Å²) in [6, 6.07) is 7.37. The molecular weight excluding hydrogens is 192 g/mol. The molecule has 0 saturated heterocycles. The molecular formula is C11H14N2O2. The van der Waals surface area contributed by atoms with Crippen molar-refractivity contribution in [2.75, 3.05) is 18.6 Å². The summed E-state index contributed by atoms with van der Waals surface area (Å²) in [7, 11) is 1.86. The van der Waals surface area contributed by atoms with Gasteiger partial charge in [0.1, 0.15) is 11.8 Å². The van der Waals surface area contributed by atoms with Gasteiger partial charge in [-0.1, -0.05) is 12.1 Å². The van der Waals surface area contributed by atoms with Crippen molar-refractivity contribution in [2.24, 2.45) is 5.73 Å². The van der Waals surface area contributed by atoms with E-state index < -0.39 is 0 Å². The Labute approximate surface area is 88.6 Å². The second-order valence-corrected chi connectivity index (χ2v) is 3.63. The van der Waals surface area contributed by atoms with E-state index in [0.717, 1.165) is 11.4 Å². The highest BCUT2D eigenvalue weighted by atomic mass is 16.5. The summed E-state index contributed by atoms with van der Waals surface area (Å²) >= 11 is 0. The highest BCUT2D eigenvalue weighted by molar-refractivity contribution is 5.84. The van der Waals surface area contributed by atoms with E-state index in [-0.39, 0.29) is 11.9 Å². The minimum Gasteiger partial charge on any atom is -0.491 e. The zero-order valence-electron chi connectivity index (χ0n) is 8.64. The van der Waals surface area contributed by atoms with Crippen LogP contribution in [-0.2, 0) is 4.79 Å². The van der Waals surface area contributed by atoms with Crippen molar-refractivity contribution < 1.29 is 9.53 Å². The van der Waals surface area contributed by atoms with Crippen LogP contribution in [-0.4, -0.2) is 25.6 Å². The normalized spacial score (nSPS) is 20.1. The number of para-hydroxylation sites is 2. The zero-order chi connectivity index (χ0) is 10.8. The fraction of sp³-hybridized carbons (Fsp3) is 0.364. The third-order valence-corrected chi connectivity index (χ3v) is 2.69. The summed E-state index contributed by atoms with van der Waals surface area (Å²) < 4.78 is 5.55. The number of hydrogen-bond acceptors (Lipinski definition) is 3. The number of nitrogens with two attached hydrogens (primary N) is 1. The maximum absolute atomic E-state index is 11.3. The largest absolute Gasteiger partial charge is 0.491 e. The van der Waals surface area contributed by atoms with E-state index in [1.54, 1.807) is 0 Å². The minimum absolute atomic E-state index is 0.284. The van der Waals surface area contributed by atoms with Crippen LogP contribution < -0.4 is 15.4 Å². The highest BCUT2D eigenvalue weighted by Crippen LogP contribution is 2.31. The Morgan fingerprint density at radius 2 is 2.27 bits per heavy atom. The predicted octanol–water partition coefficient (Wildman–Crippen LogP) is 0.759. The summed E-state index contributed by atoms with van der Waals surface area (Å²) in [5, 5.41) is 0. The molecule has 1 amide bonds. The van der Waals surface area contributed by atoms with Gasteiger partial charge in [0.05, 0.1) is 12.3 Å². The van der Waals surface area contributed by atoms with E-state index in [1.807, 2.05) is 36.2 Å². The van der Waals surface area contributed by atoms with Crippen molar-refractivity contribution >= 4 is 11.6 Å². The molecule has 0 aliphatic carbocycles. The molecule has 0 aromatic heterocycles. The SMILES string of the molecule is CN1c2ccccc2OCCC1C(N)=O. The lowest BCUT2D eigenvalue weighted by Gasteiger charge is -2.25. The molecule has 80 valence electrons. The van der Waals surface area contributed by atoms with Gasteiger partial charge in [-0.3, -0.25) is 4.79 Å². The number of carbonyl (C=O) groups excluding carboxylic acids is 1. The Balaban J connectivity index is 2.38. The number of fused-ring (bicyclic) bond motifs is 1. The van der Waals surface area contributed by atoms with Gasteiger partial charge in [-0.2, -0.15) is 0 Å². The maximum Gasteiger partial charge on any atom is 0.240 e. The molecule has 0 bridgehead atoms. The molecule has 2 rings (SSSR count). The molecule has 2 N–H and O–H groups in total. The zero-order valence-corrected chi connectivity index (χ0v) is 8.64. The topological polar surface area (TPSA) is 55.6 Å². The van der Waals surface area contributed by atoms with Crippen LogP contribution in [0.4, 0.5) is 5.69 Å². The van der Waals surface area contributed by atoms with Gasteiger partial charge in [0.15, 0.2) is 0 Å². The van der Waals surface area contributed by atoms with Gasteiger partial charge in [-0.05, 0) is 12.1 Å². The van der Waals surface area contributed by atoms with Gasteiger partial charge in [-0.25, -0.2) is 0 Å². The van der Waals surface area contributed by atoms with Crippen LogP contribution in [0.2, 0.25) is 0 Å². The molecule has 1 aliphatic rings. The molecule has 4 heteroatoms. The number of ether oxygens (including phenoxy) is 1. The molecule has 0 spiro atoms. The molecule has 1 aliphatic heterocycles. The summed E-state index contributed by atoms with van der Waals surface area (Å²) in [5.41, 5.74) is 6.26. The summed E-state index contributed by atoms with van der Waals surface area (Å²) in [6.45, 7) is 0.523. The molecule has 0 saturated carbocycles. The molecule has 1 aromatic carbocycles. The Morgan fingerprint density at radius 1 is 1.53 bits per heavy atom. The first-order valence-electron chi connectivity index (χ1n) is 4.94. The lowest BCUT2D eigenvalue weighted by Crippen LogP contribution is -2.42. The molecule has 0 radical (unpaired) electrons. The van der Waals surface area contributed by atoms with Gasteiger partial charge < -0.3 is 15.4 Å². The molecule has 1 aromatic rings. The maximum atomic E-state index is 11.3. The monoisotopic (exact) mass is 206 g/mol. The first kappa shape index (κ1) is 9.83. The number of rotatable bonds is 1. The van der Waals surface area contributed by atoms with E-state index in [0.29, 0.717) is 13.0 Å². The predicted molar refractivity (Wildman–Crippen MR) is 57.9 cm³/mol. The molecule has 1 heterocycles. The van der Waals surface area contributed by atoms with E-state index in [4.69, 9.17) is 10.5 Å². The van der Waals surface area contributed by atoms with Gasteiger partial charge in [0.2, 0.25) is 5.91 Å². The number of amides is 1. The van der Waals surface area contributed by atoms with Crippen molar-refractivity contribution in [2.45, 2.75) is 12.5 Å². The van der Waals surface area contributed by atoms with Crippen LogP contribution in [0, 0.1) is 0 Å². The number of carbonyl (C=O) groups is 1. The number of benzene rings is 1. The van der Waals surface area contributed by atoms with E-state index in [2.05, 4.69) is 0 Å². The van der Waals surface area contributed by atoms with E-state index in [9.17, 15) is 4.79 Å². The summed E-state index contributed by atoms with van der Waals surface area (Å²) in [4.78, 5) is 13.1. The summed E-state index contributed by atoms with van der Waals surface area (Å²) in [6.07, 6.45) is 0.626. The van der Waals surface area contributed by atoms with Gasteiger partial charge in [0.25, 0.3) is 0 Å². The second-order valence-electron chi connectivity index (χ2n) is 3.63. The average molecular weight is 206 g/mol. The van der Waals surface area contributed by atoms with E-state index >= 15 is 0 Å². The van der Waals surface area contributed by atoms with Crippen LogP contribution in [0.3, 0.4) is 0 Å². The minimum atomic E-state index is -0.308. The Hall–Kier alpha value is -1.71. The van der Waals surface area contributed by atoms with Crippen LogP contribution >= 0.6 is 0 Å². The molecule has 15 heavy (non-hydrogen) atoms. The highest BCUT2D eigenvalue weighted by Gasteiger charge is 2.25. The first-order chi connectivity index (χ1) is 7.20. The van der Waals surface area contributed by atoms with E-state index in [1.165, 1.54) is 0 Å². The lowest BCUT2D eigenvalue weighted by molar-refractivity contribution is -0.119. The Kier molecular flexibility index (Phi) is 2.49. The molecule has 1 unspecified atom stereocenters. The smallest absolute Gasteiger partial charge is 0.240 e. The number of likely N-dealkylation sites (N-methyl/N-ethyl adjacent to an activating group) is 1. The van der Waals surface area contributed by atoms with Crippen molar-refractivity contribution in [3.63, 3.8) is 0 Å². The first-order valence-corrected chi connectivity index (χ1v) is 4.94. The fourth-order valence-corrected chi connectivity index (χ4v) is 1.85. The van der Waals surface area contributed by atoms with Gasteiger partial charge in [-0.15, -0.1) is 0 Å². The number of anilines is 1. The van der Waals surface area contributed by atoms with Crippen molar-refractivity contribution in [1.29, 1.82) is 0 Å². The molecule has 4 nitrogen and oxygen atoms in total. The average Bonchev–Trinajstić information content (AvgIpc) is 2.39. The third-order valence-electron chi connectivity index (χ3n) is 2.69. The van der Waals surface area contributed by atoms with Crippen molar-refractivity contribution in [3.8, 4) is 5.75 Å². The van der Waals surface area contributed by atoms with Crippen LogP contribution in [0.25, 0.3) is 0 Å². The van der Waals surface area contributed by atoms with Gasteiger partial charge >= 0.3 is 0 Å². The Bertz CT molecular complexity index is 379. The lowest BCUT2D eigenvalue weighted by atomic mass is 10.1. The number of nitrogens with zero attached hydrogens (tertiary/aromatic N) is 1. The number of primary amides is 1. The molecule has 1 atom stereocenters. The van der Waals surface area contributed by atoms with Crippen molar-refractivity contribution in [3.05, 3.63) is 24.3 Å². The third kappa shape index (κ3) is 1.75. The van der Waals surface area contributed by atoms with Crippen molar-refractivity contribution in [1.82, 2.24) is 0 Å².